The van der Waals surface area contributed by atoms with Crippen LogP contribution in [0.25, 0.3) is 5.52 Å². The van der Waals surface area contributed by atoms with Crippen molar-refractivity contribution in [2.45, 2.75) is 25.7 Å². The van der Waals surface area contributed by atoms with Crippen molar-refractivity contribution in [2.24, 2.45) is 0 Å². The van der Waals surface area contributed by atoms with E-state index in [1.807, 2.05) is 12.4 Å². The maximum absolute atomic E-state index is 4.50. The third-order valence-electron chi connectivity index (χ3n) is 3.50. The summed E-state index contributed by atoms with van der Waals surface area (Å²) in [7, 11) is 0. The summed E-state index contributed by atoms with van der Waals surface area (Å²) in [5.41, 5.74) is 3.87. The minimum Gasteiger partial charge on any atom is -0.321 e. The SMILES string of the molecule is c1ccc(CCCCc2nccn3cccc23)cc1. The van der Waals surface area contributed by atoms with Crippen molar-refractivity contribution < 1.29 is 0 Å². The van der Waals surface area contributed by atoms with E-state index in [2.05, 4.69) is 58.0 Å². The number of aromatic nitrogens is 2. The molecule has 0 atom stereocenters. The first-order valence-electron chi connectivity index (χ1n) is 6.88. The topological polar surface area (TPSA) is 17.3 Å². The highest BCUT2D eigenvalue weighted by molar-refractivity contribution is 5.51. The Morgan fingerprint density at radius 1 is 0.842 bits per heavy atom. The molecule has 2 heteroatoms. The molecular weight excluding hydrogens is 232 g/mol. The number of hydrogen-bond donors (Lipinski definition) is 0. The van der Waals surface area contributed by atoms with Gasteiger partial charge in [0.1, 0.15) is 0 Å². The molecule has 3 rings (SSSR count). The average Bonchev–Trinajstić information content (AvgIpc) is 2.94. The van der Waals surface area contributed by atoms with E-state index in [1.165, 1.54) is 29.6 Å². The van der Waals surface area contributed by atoms with Gasteiger partial charge in [-0.1, -0.05) is 30.3 Å². The second kappa shape index (κ2) is 5.70. The van der Waals surface area contributed by atoms with Gasteiger partial charge in [-0.2, -0.15) is 0 Å². The summed E-state index contributed by atoms with van der Waals surface area (Å²) in [6.45, 7) is 0. The molecule has 0 N–H and O–H groups in total. The Balaban J connectivity index is 1.57. The summed E-state index contributed by atoms with van der Waals surface area (Å²) in [6.07, 6.45) is 10.6. The van der Waals surface area contributed by atoms with Gasteiger partial charge >= 0.3 is 0 Å². The normalized spacial score (nSPS) is 10.9. The molecule has 19 heavy (non-hydrogen) atoms. The number of rotatable bonds is 5. The van der Waals surface area contributed by atoms with Gasteiger partial charge in [0.05, 0.1) is 11.2 Å². The van der Waals surface area contributed by atoms with Crippen LogP contribution in [0.1, 0.15) is 24.1 Å². The molecular formula is C17H18N2. The van der Waals surface area contributed by atoms with Crippen molar-refractivity contribution in [3.8, 4) is 0 Å². The van der Waals surface area contributed by atoms with Crippen molar-refractivity contribution >= 4 is 5.52 Å². The fraction of sp³-hybridized carbons (Fsp3) is 0.235. The highest BCUT2D eigenvalue weighted by Crippen LogP contribution is 2.13. The van der Waals surface area contributed by atoms with Crippen LogP contribution in [-0.4, -0.2) is 9.38 Å². The molecule has 0 radical (unpaired) electrons. The van der Waals surface area contributed by atoms with Crippen molar-refractivity contribution in [1.29, 1.82) is 0 Å². The van der Waals surface area contributed by atoms with Gasteiger partial charge in [0.15, 0.2) is 0 Å². The molecule has 0 fully saturated rings. The lowest BCUT2D eigenvalue weighted by Gasteiger charge is -2.04. The van der Waals surface area contributed by atoms with Crippen LogP contribution in [0, 0.1) is 0 Å². The molecule has 0 aliphatic carbocycles. The van der Waals surface area contributed by atoms with Crippen molar-refractivity contribution in [3.63, 3.8) is 0 Å². The van der Waals surface area contributed by atoms with Gasteiger partial charge in [-0.25, -0.2) is 0 Å². The first kappa shape index (κ1) is 12.0. The van der Waals surface area contributed by atoms with E-state index in [-0.39, 0.29) is 0 Å². The van der Waals surface area contributed by atoms with Gasteiger partial charge in [-0.15, -0.1) is 0 Å². The molecule has 3 aromatic rings. The lowest BCUT2D eigenvalue weighted by atomic mass is 10.1. The molecule has 0 saturated carbocycles. The molecule has 0 aliphatic heterocycles. The fourth-order valence-corrected chi connectivity index (χ4v) is 2.49. The number of unbranched alkanes of at least 4 members (excludes halogenated alkanes) is 1. The van der Waals surface area contributed by atoms with Gasteiger partial charge in [0, 0.05) is 18.6 Å². The summed E-state index contributed by atoms with van der Waals surface area (Å²) in [5.74, 6) is 0. The molecule has 2 aromatic heterocycles. The summed E-state index contributed by atoms with van der Waals surface area (Å²) in [6, 6.07) is 14.9. The monoisotopic (exact) mass is 250 g/mol. The predicted molar refractivity (Wildman–Crippen MR) is 78.3 cm³/mol. The fourth-order valence-electron chi connectivity index (χ4n) is 2.49. The third-order valence-corrected chi connectivity index (χ3v) is 3.50. The molecule has 0 aliphatic rings. The molecule has 0 bridgehead atoms. The third kappa shape index (κ3) is 2.84. The quantitative estimate of drug-likeness (QED) is 0.628. The van der Waals surface area contributed by atoms with Gasteiger partial charge in [0.2, 0.25) is 0 Å². The second-order valence-corrected chi connectivity index (χ2v) is 4.87. The van der Waals surface area contributed by atoms with Crippen LogP contribution in [-0.2, 0) is 12.8 Å². The lowest BCUT2D eigenvalue weighted by Crippen LogP contribution is -1.95. The average molecular weight is 250 g/mol. The standard InChI is InChI=1S/C17H18N2/c1-2-7-15(8-3-1)9-4-5-10-16-17-11-6-13-19(17)14-12-18-16/h1-3,6-8,11-14H,4-5,9-10H2. The second-order valence-electron chi connectivity index (χ2n) is 4.87. The summed E-state index contributed by atoms with van der Waals surface area (Å²) in [4.78, 5) is 4.50. The molecule has 2 heterocycles. The van der Waals surface area contributed by atoms with E-state index in [1.54, 1.807) is 0 Å². The number of nitrogens with zero attached hydrogens (tertiary/aromatic N) is 2. The van der Waals surface area contributed by atoms with Crippen LogP contribution in [0.3, 0.4) is 0 Å². The Hall–Kier alpha value is -2.09. The molecule has 1 aromatic carbocycles. The van der Waals surface area contributed by atoms with Gasteiger partial charge in [0.25, 0.3) is 0 Å². The van der Waals surface area contributed by atoms with Crippen LogP contribution in [0.2, 0.25) is 0 Å². The number of hydrogen-bond acceptors (Lipinski definition) is 1. The van der Waals surface area contributed by atoms with E-state index in [0.29, 0.717) is 0 Å². The molecule has 0 saturated heterocycles. The molecule has 0 amide bonds. The zero-order valence-electron chi connectivity index (χ0n) is 11.0. The maximum atomic E-state index is 4.50. The Morgan fingerprint density at radius 3 is 2.58 bits per heavy atom. The van der Waals surface area contributed by atoms with Crippen LogP contribution in [0.4, 0.5) is 0 Å². The van der Waals surface area contributed by atoms with Crippen LogP contribution in [0.15, 0.2) is 61.1 Å². The van der Waals surface area contributed by atoms with Gasteiger partial charge in [-0.3, -0.25) is 4.98 Å². The molecule has 0 unspecified atom stereocenters. The van der Waals surface area contributed by atoms with Crippen molar-refractivity contribution in [2.75, 3.05) is 0 Å². The zero-order valence-corrected chi connectivity index (χ0v) is 11.0. The van der Waals surface area contributed by atoms with Crippen LogP contribution in [0.5, 0.6) is 0 Å². The minimum absolute atomic E-state index is 1.06. The number of benzene rings is 1. The largest absolute Gasteiger partial charge is 0.321 e. The molecule has 2 nitrogen and oxygen atoms in total. The Kier molecular flexibility index (Phi) is 3.59. The van der Waals surface area contributed by atoms with E-state index in [0.717, 1.165) is 12.8 Å². The molecule has 96 valence electrons. The lowest BCUT2D eigenvalue weighted by molar-refractivity contribution is 0.723. The smallest absolute Gasteiger partial charge is 0.0666 e. The van der Waals surface area contributed by atoms with Crippen molar-refractivity contribution in [3.05, 3.63) is 72.3 Å². The van der Waals surface area contributed by atoms with E-state index < -0.39 is 0 Å². The summed E-state index contributed by atoms with van der Waals surface area (Å²) in [5, 5.41) is 0. The van der Waals surface area contributed by atoms with Gasteiger partial charge < -0.3 is 4.40 Å². The first-order chi connectivity index (χ1) is 9.43. The van der Waals surface area contributed by atoms with Crippen molar-refractivity contribution in [1.82, 2.24) is 9.38 Å². The highest BCUT2D eigenvalue weighted by Gasteiger charge is 2.02. The number of fused-ring (bicyclic) bond motifs is 1. The van der Waals surface area contributed by atoms with E-state index in [9.17, 15) is 0 Å². The Bertz CT molecular complexity index is 640. The highest BCUT2D eigenvalue weighted by atomic mass is 14.9. The van der Waals surface area contributed by atoms with Crippen LogP contribution < -0.4 is 0 Å². The Labute approximate surface area is 113 Å². The zero-order chi connectivity index (χ0) is 12.9. The van der Waals surface area contributed by atoms with Crippen LogP contribution >= 0.6 is 0 Å². The number of aryl methyl sites for hydroxylation is 2. The first-order valence-corrected chi connectivity index (χ1v) is 6.88. The summed E-state index contributed by atoms with van der Waals surface area (Å²) < 4.78 is 2.14. The minimum atomic E-state index is 1.06. The van der Waals surface area contributed by atoms with Gasteiger partial charge in [-0.05, 0) is 43.4 Å². The van der Waals surface area contributed by atoms with E-state index in [4.69, 9.17) is 0 Å². The van der Waals surface area contributed by atoms with E-state index >= 15 is 0 Å². The predicted octanol–water partition coefficient (Wildman–Crippen LogP) is 3.90. The summed E-state index contributed by atoms with van der Waals surface area (Å²) >= 11 is 0. The Morgan fingerprint density at radius 2 is 1.68 bits per heavy atom. The maximum Gasteiger partial charge on any atom is 0.0666 e. The molecule has 0 spiro atoms.